The Kier molecular flexibility index (Phi) is 1.78. The number of amides is 1. The number of nitrogens with two attached hydrogens (primary N) is 1. The number of rotatable bonds is 1. The first-order valence-corrected chi connectivity index (χ1v) is 3.95. The molecule has 0 aromatic carbocycles. The van der Waals surface area contributed by atoms with E-state index in [1.807, 2.05) is 13.8 Å². The van der Waals surface area contributed by atoms with Crippen molar-refractivity contribution in [3.05, 3.63) is 11.1 Å². The first-order valence-electron chi connectivity index (χ1n) is 3.95. The maximum Gasteiger partial charge on any atom is 0.227 e. The molecule has 1 atom stereocenters. The molecular weight excluding hydrogens is 138 g/mol. The van der Waals surface area contributed by atoms with Crippen molar-refractivity contribution in [2.75, 3.05) is 0 Å². The second-order valence-corrected chi connectivity index (χ2v) is 3.60. The van der Waals surface area contributed by atoms with E-state index in [9.17, 15) is 4.79 Å². The van der Waals surface area contributed by atoms with Crippen molar-refractivity contribution in [1.82, 2.24) is 0 Å². The molecule has 0 aromatic heterocycles. The molecule has 11 heavy (non-hydrogen) atoms. The molecule has 1 rings (SSSR count). The molecule has 0 unspecified atom stereocenters. The fourth-order valence-electron chi connectivity index (χ4n) is 1.59. The number of carbonyl (C=O) groups excluding carboxylic acids is 1. The summed E-state index contributed by atoms with van der Waals surface area (Å²) in [5.41, 5.74) is 7.45. The molecule has 0 fully saturated rings. The highest BCUT2D eigenvalue weighted by atomic mass is 16.1. The minimum absolute atomic E-state index is 0.188. The summed E-state index contributed by atoms with van der Waals surface area (Å²) in [6.45, 7) is 6.01. The zero-order valence-corrected chi connectivity index (χ0v) is 7.40. The van der Waals surface area contributed by atoms with Gasteiger partial charge < -0.3 is 5.73 Å². The predicted octanol–water partition coefficient (Wildman–Crippen LogP) is 1.61. The van der Waals surface area contributed by atoms with Gasteiger partial charge in [0.1, 0.15) is 0 Å². The van der Waals surface area contributed by atoms with Gasteiger partial charge in [-0.3, -0.25) is 4.79 Å². The second kappa shape index (κ2) is 2.36. The van der Waals surface area contributed by atoms with Crippen molar-refractivity contribution in [2.24, 2.45) is 11.1 Å². The quantitative estimate of drug-likeness (QED) is 0.571. The normalized spacial score (nSPS) is 31.2. The van der Waals surface area contributed by atoms with Gasteiger partial charge in [0.2, 0.25) is 5.91 Å². The summed E-state index contributed by atoms with van der Waals surface area (Å²) in [4.78, 5) is 11.1. The minimum Gasteiger partial charge on any atom is -0.369 e. The summed E-state index contributed by atoms with van der Waals surface area (Å²) in [5, 5.41) is 0. The van der Waals surface area contributed by atoms with Gasteiger partial charge in [-0.15, -0.1) is 0 Å². The monoisotopic (exact) mass is 153 g/mol. The van der Waals surface area contributed by atoms with Crippen molar-refractivity contribution in [1.29, 1.82) is 0 Å². The molecule has 2 N–H and O–H groups in total. The molecule has 2 heteroatoms. The van der Waals surface area contributed by atoms with E-state index in [0.717, 1.165) is 12.8 Å². The maximum atomic E-state index is 11.1. The van der Waals surface area contributed by atoms with Crippen LogP contribution in [-0.2, 0) is 4.79 Å². The van der Waals surface area contributed by atoms with Gasteiger partial charge in [0.05, 0.1) is 5.41 Å². The molecule has 2 nitrogen and oxygen atoms in total. The third-order valence-corrected chi connectivity index (χ3v) is 3.01. The van der Waals surface area contributed by atoms with Crippen molar-refractivity contribution >= 4 is 5.91 Å². The molecular formula is C9H15NO. The summed E-state index contributed by atoms with van der Waals surface area (Å²) < 4.78 is 0. The molecule has 1 aliphatic rings. The predicted molar refractivity (Wildman–Crippen MR) is 44.9 cm³/mol. The van der Waals surface area contributed by atoms with Crippen LogP contribution < -0.4 is 5.73 Å². The number of primary amides is 1. The van der Waals surface area contributed by atoms with Gasteiger partial charge in [-0.1, -0.05) is 11.1 Å². The lowest BCUT2D eigenvalue weighted by atomic mass is 9.83. The molecule has 0 aliphatic heterocycles. The average Bonchev–Trinajstić information content (AvgIpc) is 2.18. The molecule has 0 spiro atoms. The topological polar surface area (TPSA) is 43.1 Å². The van der Waals surface area contributed by atoms with Crippen LogP contribution in [-0.4, -0.2) is 5.91 Å². The van der Waals surface area contributed by atoms with Crippen LogP contribution in [0.1, 0.15) is 33.6 Å². The Bertz CT molecular complexity index is 230. The molecule has 1 aliphatic carbocycles. The second-order valence-electron chi connectivity index (χ2n) is 3.60. The van der Waals surface area contributed by atoms with Crippen molar-refractivity contribution in [2.45, 2.75) is 33.6 Å². The molecule has 0 aromatic rings. The lowest BCUT2D eigenvalue weighted by molar-refractivity contribution is -0.124. The Hall–Kier alpha value is -0.790. The first kappa shape index (κ1) is 8.31. The van der Waals surface area contributed by atoms with E-state index in [2.05, 4.69) is 6.92 Å². The van der Waals surface area contributed by atoms with Gasteiger partial charge in [0, 0.05) is 0 Å². The van der Waals surface area contributed by atoms with E-state index >= 15 is 0 Å². The third kappa shape index (κ3) is 1.06. The largest absolute Gasteiger partial charge is 0.369 e. The Morgan fingerprint density at radius 1 is 1.55 bits per heavy atom. The fourth-order valence-corrected chi connectivity index (χ4v) is 1.59. The fraction of sp³-hybridized carbons (Fsp3) is 0.667. The minimum atomic E-state index is -0.357. The number of hydrogen-bond acceptors (Lipinski definition) is 1. The van der Waals surface area contributed by atoms with E-state index < -0.39 is 0 Å². The molecule has 62 valence electrons. The lowest BCUT2D eigenvalue weighted by Gasteiger charge is -2.21. The first-order chi connectivity index (χ1) is 4.98. The molecule has 0 radical (unpaired) electrons. The Labute approximate surface area is 67.5 Å². The van der Waals surface area contributed by atoms with Gasteiger partial charge in [0.15, 0.2) is 0 Å². The van der Waals surface area contributed by atoms with Gasteiger partial charge in [0.25, 0.3) is 0 Å². The van der Waals surface area contributed by atoms with Crippen LogP contribution in [0.25, 0.3) is 0 Å². The van der Waals surface area contributed by atoms with E-state index in [-0.39, 0.29) is 11.3 Å². The van der Waals surface area contributed by atoms with Gasteiger partial charge >= 0.3 is 0 Å². The van der Waals surface area contributed by atoms with Gasteiger partial charge in [-0.05, 0) is 33.6 Å². The van der Waals surface area contributed by atoms with E-state index in [1.54, 1.807) is 0 Å². The van der Waals surface area contributed by atoms with E-state index in [4.69, 9.17) is 5.73 Å². The summed E-state index contributed by atoms with van der Waals surface area (Å²) >= 11 is 0. The van der Waals surface area contributed by atoms with Gasteiger partial charge in [-0.2, -0.15) is 0 Å². The summed E-state index contributed by atoms with van der Waals surface area (Å²) in [7, 11) is 0. The SMILES string of the molecule is CC1=C(C)[C@](C)(C(N)=O)CC1. The molecule has 0 heterocycles. The highest BCUT2D eigenvalue weighted by Crippen LogP contribution is 2.41. The van der Waals surface area contributed by atoms with Gasteiger partial charge in [-0.25, -0.2) is 0 Å². The zero-order valence-electron chi connectivity index (χ0n) is 7.40. The van der Waals surface area contributed by atoms with E-state index in [0.29, 0.717) is 0 Å². The highest BCUT2D eigenvalue weighted by Gasteiger charge is 2.37. The Morgan fingerprint density at radius 2 is 2.09 bits per heavy atom. The van der Waals surface area contributed by atoms with Crippen LogP contribution in [0.4, 0.5) is 0 Å². The molecule has 1 amide bonds. The number of carbonyl (C=O) groups is 1. The van der Waals surface area contributed by atoms with Crippen LogP contribution in [0.5, 0.6) is 0 Å². The van der Waals surface area contributed by atoms with Crippen LogP contribution in [0.2, 0.25) is 0 Å². The third-order valence-electron chi connectivity index (χ3n) is 3.01. The molecule has 0 saturated heterocycles. The smallest absolute Gasteiger partial charge is 0.227 e. The maximum absolute atomic E-state index is 11.1. The number of hydrogen-bond donors (Lipinski definition) is 1. The zero-order chi connectivity index (χ0) is 8.65. The van der Waals surface area contributed by atoms with Crippen LogP contribution >= 0.6 is 0 Å². The van der Waals surface area contributed by atoms with Crippen LogP contribution in [0, 0.1) is 5.41 Å². The van der Waals surface area contributed by atoms with Crippen molar-refractivity contribution in [3.63, 3.8) is 0 Å². The Morgan fingerprint density at radius 3 is 2.27 bits per heavy atom. The average molecular weight is 153 g/mol. The highest BCUT2D eigenvalue weighted by molar-refractivity contribution is 5.84. The summed E-state index contributed by atoms with van der Waals surface area (Å²) in [5.74, 6) is -0.188. The summed E-state index contributed by atoms with van der Waals surface area (Å²) in [6, 6.07) is 0. The van der Waals surface area contributed by atoms with Crippen LogP contribution in [0.3, 0.4) is 0 Å². The van der Waals surface area contributed by atoms with Crippen molar-refractivity contribution in [3.8, 4) is 0 Å². The van der Waals surface area contributed by atoms with Crippen molar-refractivity contribution < 1.29 is 4.79 Å². The molecule has 0 bridgehead atoms. The van der Waals surface area contributed by atoms with E-state index in [1.165, 1.54) is 11.1 Å². The lowest BCUT2D eigenvalue weighted by Crippen LogP contribution is -2.33. The molecule has 0 saturated carbocycles. The Balaban J connectivity index is 3.01. The standard InChI is InChI=1S/C9H15NO/c1-6-4-5-9(3,7(6)2)8(10)11/h4-5H2,1-3H3,(H2,10,11)/t9-/m1/s1. The summed E-state index contributed by atoms with van der Waals surface area (Å²) in [6.07, 6.45) is 1.91. The number of allylic oxidation sites excluding steroid dienone is 1. The van der Waals surface area contributed by atoms with Crippen LogP contribution in [0.15, 0.2) is 11.1 Å².